The van der Waals surface area contributed by atoms with Gasteiger partial charge in [-0.15, -0.1) is 0 Å². The minimum atomic E-state index is -4.57. The molecule has 0 aliphatic heterocycles. The smallest absolute Gasteiger partial charge is 0.376 e. The van der Waals surface area contributed by atoms with Crippen LogP contribution >= 0.6 is 0 Å². The van der Waals surface area contributed by atoms with Crippen molar-refractivity contribution in [1.29, 1.82) is 0 Å². The summed E-state index contributed by atoms with van der Waals surface area (Å²) >= 11 is 0. The molecule has 0 saturated carbocycles. The molecule has 0 aliphatic rings. The van der Waals surface area contributed by atoms with Gasteiger partial charge in [-0.1, -0.05) is 19.0 Å². The second-order valence-electron chi connectivity index (χ2n) is 5.49. The Morgan fingerprint density at radius 1 is 1.33 bits per heavy atom. The topological polar surface area (TPSA) is 80.0 Å². The largest absolute Gasteiger partial charge is 0.418 e. The summed E-state index contributed by atoms with van der Waals surface area (Å²) < 4.78 is 44.6. The van der Waals surface area contributed by atoms with Gasteiger partial charge in [-0.3, -0.25) is 4.79 Å². The Hall–Kier alpha value is -2.58. The van der Waals surface area contributed by atoms with Gasteiger partial charge in [0.05, 0.1) is 12.1 Å². The number of carbonyl (C=O) groups is 1. The number of rotatable bonds is 5. The van der Waals surface area contributed by atoms with E-state index in [4.69, 9.17) is 4.52 Å². The number of alkyl halides is 3. The van der Waals surface area contributed by atoms with Gasteiger partial charge in [-0.05, 0) is 18.2 Å². The molecule has 0 saturated heterocycles. The van der Waals surface area contributed by atoms with E-state index in [1.807, 2.05) is 13.8 Å². The van der Waals surface area contributed by atoms with Crippen molar-refractivity contribution >= 4 is 17.3 Å². The summed E-state index contributed by atoms with van der Waals surface area (Å²) in [7, 11) is 0. The molecule has 0 aliphatic carbocycles. The third-order valence-corrected chi connectivity index (χ3v) is 3.08. The molecule has 2 N–H and O–H groups in total. The van der Waals surface area contributed by atoms with Crippen LogP contribution in [-0.4, -0.2) is 16.0 Å². The fraction of sp³-hybridized carbons (Fsp3) is 0.400. The average Bonchev–Trinajstić information content (AvgIpc) is 2.93. The number of anilines is 2. The summed E-state index contributed by atoms with van der Waals surface area (Å²) in [6, 6.07) is 3.50. The monoisotopic (exact) mass is 342 g/mol. The summed E-state index contributed by atoms with van der Waals surface area (Å²) in [5.41, 5.74) is -0.960. The lowest BCUT2D eigenvalue weighted by molar-refractivity contribution is -0.137. The maximum absolute atomic E-state index is 13.2. The number of hydrogen-bond donors (Lipinski definition) is 2. The van der Waals surface area contributed by atoms with Gasteiger partial charge in [-0.25, -0.2) is 0 Å². The van der Waals surface area contributed by atoms with Crippen LogP contribution in [0, 0.1) is 0 Å². The number of halogens is 3. The molecule has 0 unspecified atom stereocenters. The summed E-state index contributed by atoms with van der Waals surface area (Å²) in [6.07, 6.45) is -4.57. The molecule has 0 bridgehead atoms. The van der Waals surface area contributed by atoms with Crippen molar-refractivity contribution in [2.75, 3.05) is 10.6 Å². The van der Waals surface area contributed by atoms with Crippen LogP contribution in [0.2, 0.25) is 0 Å². The molecule has 9 heteroatoms. The highest BCUT2D eigenvalue weighted by Gasteiger charge is 2.34. The molecule has 24 heavy (non-hydrogen) atoms. The lowest BCUT2D eigenvalue weighted by Gasteiger charge is -2.15. The second-order valence-corrected chi connectivity index (χ2v) is 5.49. The highest BCUT2D eigenvalue weighted by Crippen LogP contribution is 2.36. The molecule has 130 valence electrons. The van der Waals surface area contributed by atoms with Crippen molar-refractivity contribution in [2.45, 2.75) is 39.4 Å². The van der Waals surface area contributed by atoms with Gasteiger partial charge in [0.25, 0.3) is 0 Å². The second kappa shape index (κ2) is 6.90. The third kappa shape index (κ3) is 4.46. The van der Waals surface area contributed by atoms with Crippen LogP contribution in [0.4, 0.5) is 24.5 Å². The Morgan fingerprint density at radius 3 is 2.58 bits per heavy atom. The van der Waals surface area contributed by atoms with Gasteiger partial charge in [0.1, 0.15) is 0 Å². The SMILES string of the molecule is CC(=O)Nc1ccc(NCc2nc(C(C)C)no2)c(C(F)(F)F)c1. The standard InChI is InChI=1S/C15H17F3N4O2/c1-8(2)14-21-13(24-22-14)7-19-12-5-4-10(20-9(3)23)6-11(12)15(16,17)18/h4-6,8,19H,7H2,1-3H3,(H,20,23). The van der Waals surface area contributed by atoms with Crippen LogP contribution in [0.5, 0.6) is 0 Å². The molecule has 0 radical (unpaired) electrons. The zero-order chi connectivity index (χ0) is 17.9. The van der Waals surface area contributed by atoms with E-state index in [1.54, 1.807) is 0 Å². The molecule has 0 spiro atoms. The predicted octanol–water partition coefficient (Wildman–Crippen LogP) is 3.78. The van der Waals surface area contributed by atoms with Gasteiger partial charge in [0.15, 0.2) is 5.82 Å². The fourth-order valence-corrected chi connectivity index (χ4v) is 1.96. The number of carbonyl (C=O) groups excluding carboxylic acids is 1. The van der Waals surface area contributed by atoms with Crippen LogP contribution in [-0.2, 0) is 17.5 Å². The first-order valence-corrected chi connectivity index (χ1v) is 7.22. The Bertz CT molecular complexity index is 726. The summed E-state index contributed by atoms with van der Waals surface area (Å²) in [5.74, 6) is 0.294. The van der Waals surface area contributed by atoms with E-state index in [0.717, 1.165) is 6.07 Å². The predicted molar refractivity (Wildman–Crippen MR) is 81.5 cm³/mol. The number of amides is 1. The molecule has 0 atom stereocenters. The van der Waals surface area contributed by atoms with Crippen molar-refractivity contribution in [2.24, 2.45) is 0 Å². The Labute approximate surface area is 136 Å². The normalized spacial score (nSPS) is 11.6. The molecule has 2 rings (SSSR count). The molecular formula is C15H17F3N4O2. The first kappa shape index (κ1) is 17.8. The van der Waals surface area contributed by atoms with E-state index in [0.29, 0.717) is 5.82 Å². The highest BCUT2D eigenvalue weighted by molar-refractivity contribution is 5.89. The van der Waals surface area contributed by atoms with Crippen molar-refractivity contribution in [1.82, 2.24) is 10.1 Å². The molecule has 1 heterocycles. The highest BCUT2D eigenvalue weighted by atomic mass is 19.4. The first-order valence-electron chi connectivity index (χ1n) is 7.22. The van der Waals surface area contributed by atoms with E-state index in [9.17, 15) is 18.0 Å². The van der Waals surface area contributed by atoms with E-state index < -0.39 is 17.6 Å². The van der Waals surface area contributed by atoms with Gasteiger partial charge in [0, 0.05) is 24.2 Å². The lowest BCUT2D eigenvalue weighted by atomic mass is 10.1. The van der Waals surface area contributed by atoms with E-state index in [1.165, 1.54) is 19.1 Å². The fourth-order valence-electron chi connectivity index (χ4n) is 1.96. The van der Waals surface area contributed by atoms with Crippen LogP contribution in [0.25, 0.3) is 0 Å². The molecular weight excluding hydrogens is 325 g/mol. The van der Waals surface area contributed by atoms with E-state index >= 15 is 0 Å². The lowest BCUT2D eigenvalue weighted by Crippen LogP contribution is -2.13. The number of aromatic nitrogens is 2. The Balaban J connectivity index is 2.20. The van der Waals surface area contributed by atoms with Gasteiger partial charge in [0.2, 0.25) is 11.8 Å². The molecule has 0 fully saturated rings. The van der Waals surface area contributed by atoms with Crippen LogP contribution < -0.4 is 10.6 Å². The number of nitrogens with one attached hydrogen (secondary N) is 2. The van der Waals surface area contributed by atoms with Crippen molar-refractivity contribution in [3.63, 3.8) is 0 Å². The average molecular weight is 342 g/mol. The van der Waals surface area contributed by atoms with E-state index in [-0.39, 0.29) is 29.7 Å². The Kier molecular flexibility index (Phi) is 5.10. The molecule has 6 nitrogen and oxygen atoms in total. The van der Waals surface area contributed by atoms with Gasteiger partial charge < -0.3 is 15.2 Å². The first-order chi connectivity index (χ1) is 11.2. The zero-order valence-corrected chi connectivity index (χ0v) is 13.4. The minimum Gasteiger partial charge on any atom is -0.376 e. The van der Waals surface area contributed by atoms with Crippen molar-refractivity contribution < 1.29 is 22.5 Å². The third-order valence-electron chi connectivity index (χ3n) is 3.08. The van der Waals surface area contributed by atoms with Gasteiger partial charge >= 0.3 is 6.18 Å². The van der Waals surface area contributed by atoms with Crippen molar-refractivity contribution in [3.8, 4) is 0 Å². The van der Waals surface area contributed by atoms with Crippen LogP contribution in [0.3, 0.4) is 0 Å². The molecule has 2 aromatic rings. The van der Waals surface area contributed by atoms with Crippen LogP contribution in [0.1, 0.15) is 44.0 Å². The summed E-state index contributed by atoms with van der Waals surface area (Å²) in [6.45, 7) is 4.94. The van der Waals surface area contributed by atoms with Gasteiger partial charge in [-0.2, -0.15) is 18.2 Å². The zero-order valence-electron chi connectivity index (χ0n) is 13.4. The molecule has 1 aromatic carbocycles. The maximum Gasteiger partial charge on any atom is 0.418 e. The Morgan fingerprint density at radius 2 is 2.04 bits per heavy atom. The number of hydrogen-bond acceptors (Lipinski definition) is 5. The number of benzene rings is 1. The number of nitrogens with zero attached hydrogens (tertiary/aromatic N) is 2. The maximum atomic E-state index is 13.2. The quantitative estimate of drug-likeness (QED) is 0.864. The van der Waals surface area contributed by atoms with Crippen LogP contribution in [0.15, 0.2) is 22.7 Å². The molecule has 1 aromatic heterocycles. The van der Waals surface area contributed by atoms with E-state index in [2.05, 4.69) is 20.8 Å². The summed E-state index contributed by atoms with van der Waals surface area (Å²) in [5, 5.41) is 8.72. The summed E-state index contributed by atoms with van der Waals surface area (Å²) in [4.78, 5) is 15.1. The molecule has 1 amide bonds. The van der Waals surface area contributed by atoms with Crippen molar-refractivity contribution in [3.05, 3.63) is 35.5 Å². The minimum absolute atomic E-state index is 0.0394.